The standard InChI is InChI=1S/C26H29Cl2N7O3/c1-13(2)21-19-20(32-35(21)18-12-30-26(33(3)4)31-24(18)38-5)25(37)34(17-10-16(28)11-29-23(17)36)22(19)14-6-8-15(27)9-7-14/h6-9,12-13,16-17,22H,10-11H2,1-5H3,(H,29,36). The van der Waals surface area contributed by atoms with Gasteiger partial charge in [-0.25, -0.2) is 9.67 Å². The lowest BCUT2D eigenvalue weighted by atomic mass is 9.93. The van der Waals surface area contributed by atoms with Gasteiger partial charge in [0.1, 0.15) is 11.7 Å². The van der Waals surface area contributed by atoms with E-state index in [4.69, 9.17) is 33.0 Å². The Morgan fingerprint density at radius 3 is 2.53 bits per heavy atom. The van der Waals surface area contributed by atoms with Gasteiger partial charge in [-0.2, -0.15) is 10.1 Å². The van der Waals surface area contributed by atoms with E-state index in [9.17, 15) is 9.59 Å². The molecule has 5 rings (SSSR count). The zero-order valence-electron chi connectivity index (χ0n) is 21.8. The number of fused-ring (bicyclic) bond motifs is 1. The lowest BCUT2D eigenvalue weighted by Crippen LogP contribution is -2.55. The van der Waals surface area contributed by atoms with Crippen LogP contribution < -0.4 is 15.0 Å². The predicted molar refractivity (Wildman–Crippen MR) is 145 cm³/mol. The first-order valence-corrected chi connectivity index (χ1v) is 13.1. The second kappa shape index (κ2) is 10.1. The summed E-state index contributed by atoms with van der Waals surface area (Å²) in [7, 11) is 5.21. The lowest BCUT2D eigenvalue weighted by Gasteiger charge is -2.37. The molecule has 1 fully saturated rings. The SMILES string of the molecule is COc1nc(N(C)C)ncc1-n1nc2c(c1C(C)C)C(c1ccc(Cl)cc1)N(C1CC(Cl)CNC1=O)C2=O. The van der Waals surface area contributed by atoms with Crippen LogP contribution in [0.4, 0.5) is 5.95 Å². The van der Waals surface area contributed by atoms with Gasteiger partial charge in [0.2, 0.25) is 17.7 Å². The van der Waals surface area contributed by atoms with E-state index in [0.717, 1.165) is 16.8 Å². The molecular weight excluding hydrogens is 529 g/mol. The maximum Gasteiger partial charge on any atom is 0.276 e. The van der Waals surface area contributed by atoms with Crippen LogP contribution in [0, 0.1) is 0 Å². The Bertz CT molecular complexity index is 1390. The number of methoxy groups -OCH3 is 1. The predicted octanol–water partition coefficient (Wildman–Crippen LogP) is 3.55. The Hall–Kier alpha value is -3.37. The zero-order valence-corrected chi connectivity index (χ0v) is 23.3. The number of piperidine rings is 1. The highest BCUT2D eigenvalue weighted by atomic mass is 35.5. The Morgan fingerprint density at radius 2 is 1.89 bits per heavy atom. The number of nitrogens with one attached hydrogen (secondary N) is 1. The Morgan fingerprint density at radius 1 is 1.18 bits per heavy atom. The molecule has 3 unspecified atom stereocenters. The average molecular weight is 558 g/mol. The number of amides is 2. The van der Waals surface area contributed by atoms with E-state index in [1.807, 2.05) is 40.1 Å². The maximum atomic E-state index is 14.0. The largest absolute Gasteiger partial charge is 0.479 e. The monoisotopic (exact) mass is 557 g/mol. The van der Waals surface area contributed by atoms with E-state index >= 15 is 0 Å². The number of carbonyl (C=O) groups excluding carboxylic acids is 2. The molecule has 2 aliphatic heterocycles. The highest BCUT2D eigenvalue weighted by Crippen LogP contribution is 2.46. The summed E-state index contributed by atoms with van der Waals surface area (Å²) in [6.45, 7) is 4.43. The van der Waals surface area contributed by atoms with Gasteiger partial charge in [-0.15, -0.1) is 11.6 Å². The van der Waals surface area contributed by atoms with Crippen LogP contribution in [0.25, 0.3) is 5.69 Å². The molecule has 0 radical (unpaired) electrons. The maximum absolute atomic E-state index is 14.0. The zero-order chi connectivity index (χ0) is 27.3. The molecule has 2 aromatic heterocycles. The summed E-state index contributed by atoms with van der Waals surface area (Å²) in [4.78, 5) is 39.4. The van der Waals surface area contributed by atoms with Crippen molar-refractivity contribution in [1.29, 1.82) is 0 Å². The molecule has 1 aromatic carbocycles. The summed E-state index contributed by atoms with van der Waals surface area (Å²) in [5.41, 5.74) is 3.14. The van der Waals surface area contributed by atoms with E-state index in [0.29, 0.717) is 35.5 Å². The number of rotatable bonds is 6. The molecule has 3 atom stereocenters. The molecule has 38 heavy (non-hydrogen) atoms. The van der Waals surface area contributed by atoms with E-state index in [1.165, 1.54) is 7.11 Å². The van der Waals surface area contributed by atoms with Crippen molar-refractivity contribution in [3.8, 4) is 11.6 Å². The molecule has 10 nitrogen and oxygen atoms in total. The summed E-state index contributed by atoms with van der Waals surface area (Å²) < 4.78 is 7.30. The first-order valence-electron chi connectivity index (χ1n) is 12.3. The summed E-state index contributed by atoms with van der Waals surface area (Å²) in [5.74, 6) is 0.198. The van der Waals surface area contributed by atoms with Gasteiger partial charge in [-0.3, -0.25) is 9.59 Å². The minimum absolute atomic E-state index is 0.0482. The van der Waals surface area contributed by atoms with Crippen LogP contribution in [0.15, 0.2) is 30.5 Å². The number of nitrogens with zero attached hydrogens (tertiary/aromatic N) is 6. The average Bonchev–Trinajstić information content (AvgIpc) is 3.40. The van der Waals surface area contributed by atoms with Gasteiger partial charge >= 0.3 is 0 Å². The number of halogens is 2. The molecule has 0 spiro atoms. The first-order chi connectivity index (χ1) is 18.1. The number of benzene rings is 1. The first kappa shape index (κ1) is 26.2. The number of ether oxygens (including phenoxy) is 1. The van der Waals surface area contributed by atoms with Crippen molar-refractivity contribution < 1.29 is 14.3 Å². The summed E-state index contributed by atoms with van der Waals surface area (Å²) in [5, 5.41) is 7.91. The highest BCUT2D eigenvalue weighted by molar-refractivity contribution is 6.30. The quantitative estimate of drug-likeness (QED) is 0.462. The van der Waals surface area contributed by atoms with E-state index in [-0.39, 0.29) is 28.8 Å². The fourth-order valence-electron chi connectivity index (χ4n) is 5.15. The van der Waals surface area contributed by atoms with E-state index < -0.39 is 12.1 Å². The third kappa shape index (κ3) is 4.35. The van der Waals surface area contributed by atoms with Gasteiger partial charge < -0.3 is 19.9 Å². The van der Waals surface area contributed by atoms with Crippen molar-refractivity contribution in [3.05, 3.63) is 58.0 Å². The van der Waals surface area contributed by atoms with Crippen LogP contribution >= 0.6 is 23.2 Å². The van der Waals surface area contributed by atoms with Crippen molar-refractivity contribution in [1.82, 2.24) is 30.0 Å². The van der Waals surface area contributed by atoms with Gasteiger partial charge in [-0.05, 0) is 30.0 Å². The second-order valence-corrected chi connectivity index (χ2v) is 11.0. The van der Waals surface area contributed by atoms with Gasteiger partial charge in [0.25, 0.3) is 5.91 Å². The molecule has 2 aliphatic rings. The number of aromatic nitrogens is 4. The van der Waals surface area contributed by atoms with Gasteiger partial charge in [0.05, 0.1) is 30.4 Å². The molecule has 1 saturated heterocycles. The molecule has 0 aliphatic carbocycles. The molecule has 4 heterocycles. The van der Waals surface area contributed by atoms with Crippen LogP contribution in [-0.2, 0) is 4.79 Å². The topological polar surface area (TPSA) is 105 Å². The molecule has 200 valence electrons. The summed E-state index contributed by atoms with van der Waals surface area (Å²) in [6.07, 6.45) is 1.99. The Labute approximate surface area is 230 Å². The fraction of sp³-hybridized carbons (Fsp3) is 0.423. The number of anilines is 1. The van der Waals surface area contributed by atoms with E-state index in [1.54, 1.807) is 32.8 Å². The molecule has 3 aromatic rings. The van der Waals surface area contributed by atoms with Crippen LogP contribution in [0.1, 0.15) is 59.5 Å². The van der Waals surface area contributed by atoms with Crippen LogP contribution in [0.3, 0.4) is 0 Å². The van der Waals surface area contributed by atoms with Crippen LogP contribution in [-0.4, -0.2) is 75.6 Å². The van der Waals surface area contributed by atoms with Gasteiger partial charge in [0.15, 0.2) is 5.69 Å². The third-order valence-electron chi connectivity index (χ3n) is 6.84. The molecule has 0 saturated carbocycles. The summed E-state index contributed by atoms with van der Waals surface area (Å²) >= 11 is 12.6. The minimum Gasteiger partial charge on any atom is -0.479 e. The molecule has 12 heteroatoms. The normalized spacial score (nSPS) is 21.1. The third-order valence-corrected chi connectivity index (χ3v) is 7.42. The van der Waals surface area contributed by atoms with Gasteiger partial charge in [0, 0.05) is 31.2 Å². The van der Waals surface area contributed by atoms with Crippen molar-refractivity contribution in [2.24, 2.45) is 0 Å². The van der Waals surface area contributed by atoms with E-state index in [2.05, 4.69) is 15.3 Å². The number of alkyl halides is 1. The highest BCUT2D eigenvalue weighted by Gasteiger charge is 2.49. The second-order valence-electron chi connectivity index (χ2n) is 9.93. The Kier molecular flexibility index (Phi) is 6.96. The minimum atomic E-state index is -0.737. The smallest absolute Gasteiger partial charge is 0.276 e. The van der Waals surface area contributed by atoms with Crippen molar-refractivity contribution >= 4 is 41.0 Å². The van der Waals surface area contributed by atoms with Crippen molar-refractivity contribution in [3.63, 3.8) is 0 Å². The molecular formula is C26H29Cl2N7O3. The molecule has 0 bridgehead atoms. The van der Waals surface area contributed by atoms with Crippen molar-refractivity contribution in [2.75, 3.05) is 32.6 Å². The van der Waals surface area contributed by atoms with Gasteiger partial charge in [-0.1, -0.05) is 37.6 Å². The van der Waals surface area contributed by atoms with Crippen molar-refractivity contribution in [2.45, 2.75) is 43.6 Å². The lowest BCUT2D eigenvalue weighted by molar-refractivity contribution is -0.127. The number of carbonyl (C=O) groups is 2. The molecule has 1 N–H and O–H groups in total. The fourth-order valence-corrected chi connectivity index (χ4v) is 5.52. The Balaban J connectivity index is 1.72. The molecule has 2 amide bonds. The van der Waals surface area contributed by atoms with Crippen LogP contribution in [0.5, 0.6) is 5.88 Å². The summed E-state index contributed by atoms with van der Waals surface area (Å²) in [6, 6.07) is 6.00. The number of hydrogen-bond acceptors (Lipinski definition) is 7. The number of hydrogen-bond donors (Lipinski definition) is 1. The van der Waals surface area contributed by atoms with Crippen LogP contribution in [0.2, 0.25) is 5.02 Å².